The summed E-state index contributed by atoms with van der Waals surface area (Å²) in [5.74, 6) is 0.145. The molecule has 3 aliphatic carbocycles. The molecule has 178 valence electrons. The van der Waals surface area contributed by atoms with E-state index in [1.165, 1.54) is 4.90 Å². The fraction of sp³-hybridized carbons (Fsp3) is 0.556. The van der Waals surface area contributed by atoms with Crippen molar-refractivity contribution < 1.29 is 24.5 Å². The Kier molecular flexibility index (Phi) is 4.10. The van der Waals surface area contributed by atoms with Gasteiger partial charge in [-0.05, 0) is 69.5 Å². The van der Waals surface area contributed by atoms with Crippen LogP contribution in [-0.4, -0.2) is 68.7 Å². The number of nitrogens with zero attached hydrogens (tertiary/aromatic N) is 2. The predicted octanol–water partition coefficient (Wildman–Crippen LogP) is 2.34. The first-order chi connectivity index (χ1) is 16.4. The van der Waals surface area contributed by atoms with E-state index in [2.05, 4.69) is 11.5 Å². The number of piperidine rings is 1. The minimum Gasteiger partial charge on any atom is -0.504 e. The lowest BCUT2D eigenvalue weighted by molar-refractivity contribution is -0.199. The van der Waals surface area contributed by atoms with Gasteiger partial charge in [0, 0.05) is 29.3 Å². The normalized spacial score (nSPS) is 38.0. The molecule has 34 heavy (non-hydrogen) atoms. The van der Waals surface area contributed by atoms with Crippen molar-refractivity contribution in [3.8, 4) is 11.5 Å². The quantitative estimate of drug-likeness (QED) is 0.530. The summed E-state index contributed by atoms with van der Waals surface area (Å²) < 4.78 is 6.53. The van der Waals surface area contributed by atoms with Gasteiger partial charge in [-0.1, -0.05) is 12.1 Å². The summed E-state index contributed by atoms with van der Waals surface area (Å²) in [5.41, 5.74) is 1.50. The van der Waals surface area contributed by atoms with Gasteiger partial charge in [-0.15, -0.1) is 6.58 Å². The molecule has 7 heteroatoms. The summed E-state index contributed by atoms with van der Waals surface area (Å²) in [6.07, 6.45) is 6.78. The number of imide groups is 1. The Balaban J connectivity index is 1.38. The van der Waals surface area contributed by atoms with Gasteiger partial charge in [0.2, 0.25) is 0 Å². The van der Waals surface area contributed by atoms with Crippen LogP contribution >= 0.6 is 0 Å². The van der Waals surface area contributed by atoms with E-state index in [1.54, 1.807) is 6.07 Å². The second-order valence-electron chi connectivity index (χ2n) is 10.9. The lowest BCUT2D eigenvalue weighted by Gasteiger charge is -2.64. The lowest BCUT2D eigenvalue weighted by Crippen LogP contribution is -2.78. The maximum Gasteiger partial charge on any atom is 0.257 e. The van der Waals surface area contributed by atoms with E-state index in [0.29, 0.717) is 62.0 Å². The van der Waals surface area contributed by atoms with Gasteiger partial charge in [-0.3, -0.25) is 19.4 Å². The van der Waals surface area contributed by atoms with Crippen LogP contribution in [0.15, 0.2) is 35.9 Å². The molecule has 3 heterocycles. The molecule has 7 rings (SSSR count). The minimum absolute atomic E-state index is 0.0621. The Morgan fingerprint density at radius 3 is 2.59 bits per heavy atom. The molecule has 1 aromatic carbocycles. The van der Waals surface area contributed by atoms with Gasteiger partial charge < -0.3 is 14.9 Å². The summed E-state index contributed by atoms with van der Waals surface area (Å²) in [4.78, 5) is 30.7. The van der Waals surface area contributed by atoms with Crippen molar-refractivity contribution >= 4 is 11.8 Å². The summed E-state index contributed by atoms with van der Waals surface area (Å²) >= 11 is 0. The third-order valence-electron chi connectivity index (χ3n) is 9.66. The number of phenols is 1. The van der Waals surface area contributed by atoms with Gasteiger partial charge in [-0.25, -0.2) is 0 Å². The highest BCUT2D eigenvalue weighted by Gasteiger charge is 2.74. The third kappa shape index (κ3) is 2.21. The van der Waals surface area contributed by atoms with E-state index < -0.39 is 23.2 Å². The average Bonchev–Trinajstić information content (AvgIpc) is 3.31. The molecule has 0 radical (unpaired) electrons. The molecule has 2 bridgehead atoms. The largest absolute Gasteiger partial charge is 0.504 e. The smallest absolute Gasteiger partial charge is 0.257 e. The van der Waals surface area contributed by atoms with Crippen molar-refractivity contribution in [1.82, 2.24) is 9.80 Å². The lowest BCUT2D eigenvalue weighted by atomic mass is 9.48. The van der Waals surface area contributed by atoms with Gasteiger partial charge in [0.15, 0.2) is 11.5 Å². The average molecular weight is 463 g/mol. The van der Waals surface area contributed by atoms with Gasteiger partial charge in [0.05, 0.1) is 17.1 Å². The number of phenolic OH excluding ortho intramolecular Hbond substituents is 1. The second kappa shape index (κ2) is 6.73. The van der Waals surface area contributed by atoms with Crippen molar-refractivity contribution in [2.75, 3.05) is 13.1 Å². The highest BCUT2D eigenvalue weighted by molar-refractivity contribution is 6.19. The van der Waals surface area contributed by atoms with Crippen LogP contribution in [0.2, 0.25) is 0 Å². The van der Waals surface area contributed by atoms with Crippen LogP contribution in [0.5, 0.6) is 11.5 Å². The molecular formula is C27H30N2O5. The topological polar surface area (TPSA) is 90.3 Å². The fourth-order valence-electron chi connectivity index (χ4n) is 8.32. The van der Waals surface area contributed by atoms with Crippen LogP contribution < -0.4 is 4.74 Å². The maximum absolute atomic E-state index is 13.5. The molecule has 1 aromatic rings. The molecule has 0 unspecified atom stereocenters. The molecule has 2 N–H and O–H groups in total. The monoisotopic (exact) mass is 462 g/mol. The van der Waals surface area contributed by atoms with Crippen LogP contribution in [0.1, 0.15) is 56.1 Å². The molecule has 5 atom stereocenters. The van der Waals surface area contributed by atoms with Gasteiger partial charge in [0.1, 0.15) is 6.10 Å². The molecule has 3 aliphatic heterocycles. The Morgan fingerprint density at radius 2 is 1.88 bits per heavy atom. The van der Waals surface area contributed by atoms with Crippen LogP contribution in [0.25, 0.3) is 0 Å². The number of amides is 2. The zero-order valence-electron chi connectivity index (χ0n) is 19.3. The van der Waals surface area contributed by atoms with Gasteiger partial charge >= 0.3 is 0 Å². The SMILES string of the molecule is C=CCN1CC[C@]23c4c5ccc(O)c4O[C@H]2[C@@H](N2C(=O)C4=C(CCCC4)C2=O)CC[C@@]3(O)[C@@H]1C5. The van der Waals surface area contributed by atoms with Crippen molar-refractivity contribution in [2.24, 2.45) is 0 Å². The number of hydrogen-bond donors (Lipinski definition) is 2. The molecule has 1 saturated carbocycles. The molecule has 0 aromatic heterocycles. The number of rotatable bonds is 3. The van der Waals surface area contributed by atoms with E-state index >= 15 is 0 Å². The zero-order chi connectivity index (χ0) is 23.4. The van der Waals surface area contributed by atoms with Crippen molar-refractivity contribution in [1.29, 1.82) is 0 Å². The van der Waals surface area contributed by atoms with E-state index in [0.717, 1.165) is 30.5 Å². The van der Waals surface area contributed by atoms with Crippen molar-refractivity contribution in [2.45, 2.75) is 80.6 Å². The Hall–Kier alpha value is -2.64. The number of hydrogen-bond acceptors (Lipinski definition) is 6. The van der Waals surface area contributed by atoms with E-state index in [9.17, 15) is 19.8 Å². The summed E-state index contributed by atoms with van der Waals surface area (Å²) in [7, 11) is 0. The van der Waals surface area contributed by atoms with Gasteiger partial charge in [0.25, 0.3) is 11.8 Å². The number of likely N-dealkylation sites (tertiary alicyclic amines) is 1. The van der Waals surface area contributed by atoms with Crippen molar-refractivity contribution in [3.05, 3.63) is 47.1 Å². The number of aliphatic hydroxyl groups is 1. The number of benzene rings is 1. The van der Waals surface area contributed by atoms with E-state index in [4.69, 9.17) is 4.74 Å². The Bertz CT molecular complexity index is 1160. The molecule has 6 aliphatic rings. The zero-order valence-corrected chi connectivity index (χ0v) is 19.3. The van der Waals surface area contributed by atoms with Crippen LogP contribution in [0.3, 0.4) is 0 Å². The Morgan fingerprint density at radius 1 is 1.15 bits per heavy atom. The number of carbonyl (C=O) groups is 2. The molecule has 2 amide bonds. The number of ether oxygens (including phenoxy) is 1. The summed E-state index contributed by atoms with van der Waals surface area (Å²) in [6, 6.07) is 3.05. The first-order valence-electron chi connectivity index (χ1n) is 12.6. The van der Waals surface area contributed by atoms with Gasteiger partial charge in [-0.2, -0.15) is 0 Å². The molecule has 1 saturated heterocycles. The van der Waals surface area contributed by atoms with Crippen LogP contribution in [0.4, 0.5) is 0 Å². The van der Waals surface area contributed by atoms with Crippen LogP contribution in [-0.2, 0) is 21.4 Å². The first-order valence-corrected chi connectivity index (χ1v) is 12.6. The van der Waals surface area contributed by atoms with E-state index in [-0.39, 0.29) is 23.6 Å². The molecule has 7 nitrogen and oxygen atoms in total. The predicted molar refractivity (Wildman–Crippen MR) is 123 cm³/mol. The highest BCUT2D eigenvalue weighted by Crippen LogP contribution is 2.66. The molecule has 1 spiro atoms. The third-order valence-corrected chi connectivity index (χ3v) is 9.66. The minimum atomic E-state index is -1.07. The number of carbonyl (C=O) groups excluding carboxylic acids is 2. The standard InChI is InChI=1S/C27H30N2O5/c1-2-12-28-13-11-26-21-15-7-8-19(30)22(21)34-23(26)18(9-10-27(26,33)20(28)14-15)29-24(31)16-5-3-4-6-17(16)25(29)32/h2,7-8,18,20,23,30,33H,1,3-6,9-14H2/t18-,20-,23-,26-,27+/m0/s1. The maximum atomic E-state index is 13.5. The van der Waals surface area contributed by atoms with E-state index in [1.807, 2.05) is 12.1 Å². The summed E-state index contributed by atoms with van der Waals surface area (Å²) in [5, 5.41) is 23.2. The Labute approximate surface area is 198 Å². The van der Waals surface area contributed by atoms with Crippen molar-refractivity contribution in [3.63, 3.8) is 0 Å². The molecule has 2 fully saturated rings. The summed E-state index contributed by atoms with van der Waals surface area (Å²) in [6.45, 7) is 5.37. The first kappa shape index (κ1) is 20.7. The van der Waals surface area contributed by atoms with Crippen LogP contribution in [0, 0.1) is 0 Å². The molecular weight excluding hydrogens is 432 g/mol. The highest BCUT2D eigenvalue weighted by atomic mass is 16.5. The fourth-order valence-corrected chi connectivity index (χ4v) is 8.32. The second-order valence-corrected chi connectivity index (χ2v) is 10.9. The number of aromatic hydroxyl groups is 1.